The summed E-state index contributed by atoms with van der Waals surface area (Å²) in [6.45, 7) is 2.01. The number of ether oxygens (including phenoxy) is 1. The Morgan fingerprint density at radius 3 is 2.76 bits per heavy atom. The topological polar surface area (TPSA) is 81.4 Å². The van der Waals surface area contributed by atoms with Gasteiger partial charge in [0, 0.05) is 11.6 Å². The Hall–Kier alpha value is -0.660. The molecule has 1 aromatic carbocycles. The number of nitrogens with two attached hydrogens (primary N) is 1. The van der Waals surface area contributed by atoms with E-state index >= 15 is 0 Å². The van der Waals surface area contributed by atoms with Gasteiger partial charge >= 0.3 is 0 Å². The van der Waals surface area contributed by atoms with Crippen molar-refractivity contribution < 1.29 is 13.2 Å². The molecule has 3 atom stereocenters. The third kappa shape index (κ3) is 2.83. The molecule has 0 saturated carbocycles. The second kappa shape index (κ2) is 5.52. The summed E-state index contributed by atoms with van der Waals surface area (Å²) in [7, 11) is -3.62. The largest absolute Gasteiger partial charge is 0.373 e. The van der Waals surface area contributed by atoms with Crippen LogP contribution in [-0.2, 0) is 21.3 Å². The van der Waals surface area contributed by atoms with E-state index in [1.807, 2.05) is 0 Å². The predicted octanol–water partition coefficient (Wildman–Crippen LogP) is 1.71. The lowest BCUT2D eigenvalue weighted by Gasteiger charge is -2.21. The van der Waals surface area contributed by atoms with Crippen molar-refractivity contribution in [2.45, 2.75) is 55.9 Å². The van der Waals surface area contributed by atoms with Gasteiger partial charge in [0.1, 0.15) is 0 Å². The molecule has 116 valence electrons. The third-order valence-electron chi connectivity index (χ3n) is 4.35. The Morgan fingerprint density at radius 1 is 1.43 bits per heavy atom. The zero-order valence-corrected chi connectivity index (χ0v) is 13.4. The maximum Gasteiger partial charge on any atom is 0.241 e. The molecule has 3 N–H and O–H groups in total. The molecule has 2 heterocycles. The van der Waals surface area contributed by atoms with Gasteiger partial charge in [-0.25, -0.2) is 13.1 Å². The number of hydrogen-bond donors (Lipinski definition) is 2. The van der Waals surface area contributed by atoms with Crippen LogP contribution in [0.1, 0.15) is 30.4 Å². The molecule has 0 aliphatic carbocycles. The minimum absolute atomic E-state index is 0.00163. The van der Waals surface area contributed by atoms with Crippen LogP contribution in [-0.4, -0.2) is 26.7 Å². The van der Waals surface area contributed by atoms with Gasteiger partial charge in [0.15, 0.2) is 0 Å². The normalized spacial score (nSPS) is 28.2. The van der Waals surface area contributed by atoms with E-state index in [0.29, 0.717) is 10.6 Å². The SMILES string of the molecule is Cc1c(CN)cc(Cl)cc1S(=O)(=O)NC1CC2CCC1O2. The molecule has 2 aliphatic rings. The van der Waals surface area contributed by atoms with E-state index in [-0.39, 0.29) is 29.7 Å². The van der Waals surface area contributed by atoms with E-state index in [4.69, 9.17) is 22.1 Å². The van der Waals surface area contributed by atoms with Gasteiger partial charge in [0.25, 0.3) is 0 Å². The Kier molecular flexibility index (Phi) is 4.00. The molecule has 0 aromatic heterocycles. The number of hydrogen-bond acceptors (Lipinski definition) is 4. The molecule has 5 nitrogen and oxygen atoms in total. The Morgan fingerprint density at radius 2 is 2.19 bits per heavy atom. The summed E-state index contributed by atoms with van der Waals surface area (Å²) in [6, 6.07) is 3.04. The van der Waals surface area contributed by atoms with Gasteiger partial charge in [0.05, 0.1) is 23.1 Å². The molecule has 2 fully saturated rings. The van der Waals surface area contributed by atoms with Crippen LogP contribution >= 0.6 is 11.6 Å². The van der Waals surface area contributed by atoms with Gasteiger partial charge < -0.3 is 10.5 Å². The first-order valence-corrected chi connectivity index (χ1v) is 8.93. The monoisotopic (exact) mass is 330 g/mol. The lowest BCUT2D eigenvalue weighted by molar-refractivity contribution is 0.0996. The van der Waals surface area contributed by atoms with Gasteiger partial charge in [-0.3, -0.25) is 0 Å². The molecule has 7 heteroatoms. The maximum absolute atomic E-state index is 12.6. The molecule has 0 amide bonds. The van der Waals surface area contributed by atoms with Crippen LogP contribution in [0.5, 0.6) is 0 Å². The fraction of sp³-hybridized carbons (Fsp3) is 0.571. The second-order valence-electron chi connectivity index (χ2n) is 5.73. The van der Waals surface area contributed by atoms with E-state index in [0.717, 1.165) is 24.8 Å². The van der Waals surface area contributed by atoms with Crippen molar-refractivity contribution in [3.05, 3.63) is 28.3 Å². The first kappa shape index (κ1) is 15.2. The zero-order chi connectivity index (χ0) is 15.2. The van der Waals surface area contributed by atoms with Crippen molar-refractivity contribution in [3.8, 4) is 0 Å². The summed E-state index contributed by atoms with van der Waals surface area (Å²) in [4.78, 5) is 0.207. The number of rotatable bonds is 4. The van der Waals surface area contributed by atoms with Crippen LogP contribution in [0.4, 0.5) is 0 Å². The summed E-state index contributed by atoms with van der Waals surface area (Å²) >= 11 is 6.01. The molecule has 2 saturated heterocycles. The molecule has 2 bridgehead atoms. The highest BCUT2D eigenvalue weighted by atomic mass is 35.5. The molecule has 21 heavy (non-hydrogen) atoms. The van der Waals surface area contributed by atoms with Crippen molar-refractivity contribution in [2.75, 3.05) is 0 Å². The number of nitrogens with one attached hydrogen (secondary N) is 1. The predicted molar refractivity (Wildman–Crippen MR) is 80.7 cm³/mol. The molecule has 0 radical (unpaired) electrons. The first-order chi connectivity index (χ1) is 9.90. The van der Waals surface area contributed by atoms with Crippen molar-refractivity contribution in [1.82, 2.24) is 4.72 Å². The Labute approximate surface area is 129 Å². The molecule has 1 aromatic rings. The molecule has 3 unspecified atom stereocenters. The molecule has 2 aliphatic heterocycles. The van der Waals surface area contributed by atoms with Crippen molar-refractivity contribution in [3.63, 3.8) is 0 Å². The molecule has 3 rings (SSSR count). The average molecular weight is 331 g/mol. The fourth-order valence-electron chi connectivity index (χ4n) is 3.22. The van der Waals surface area contributed by atoms with Crippen LogP contribution in [0.2, 0.25) is 5.02 Å². The fourth-order valence-corrected chi connectivity index (χ4v) is 5.12. The van der Waals surface area contributed by atoms with Crippen LogP contribution in [0, 0.1) is 6.92 Å². The summed E-state index contributed by atoms with van der Waals surface area (Å²) in [5.41, 5.74) is 7.04. The first-order valence-electron chi connectivity index (χ1n) is 7.07. The standard InChI is InChI=1S/C14H19ClN2O3S/c1-8-9(7-16)4-10(15)5-14(8)21(18,19)17-12-6-11-2-3-13(12)20-11/h4-5,11-13,17H,2-3,6-7,16H2,1H3. The summed E-state index contributed by atoms with van der Waals surface area (Å²) in [5.74, 6) is 0. The lowest BCUT2D eigenvalue weighted by atomic mass is 9.96. The van der Waals surface area contributed by atoms with E-state index in [1.54, 1.807) is 13.0 Å². The lowest BCUT2D eigenvalue weighted by Crippen LogP contribution is -2.41. The highest BCUT2D eigenvalue weighted by Crippen LogP contribution is 2.35. The van der Waals surface area contributed by atoms with Gasteiger partial charge in [-0.1, -0.05) is 11.6 Å². The molecular weight excluding hydrogens is 312 g/mol. The van der Waals surface area contributed by atoms with E-state index in [9.17, 15) is 8.42 Å². The zero-order valence-electron chi connectivity index (χ0n) is 11.8. The van der Waals surface area contributed by atoms with Gasteiger partial charge in [0.2, 0.25) is 10.0 Å². The average Bonchev–Trinajstić information content (AvgIpc) is 3.02. The van der Waals surface area contributed by atoms with Crippen LogP contribution in [0.3, 0.4) is 0 Å². The van der Waals surface area contributed by atoms with E-state index < -0.39 is 10.0 Å². The molecule has 0 spiro atoms. The molecular formula is C14H19ClN2O3S. The highest BCUT2D eigenvalue weighted by Gasteiger charge is 2.42. The Balaban J connectivity index is 1.90. The van der Waals surface area contributed by atoms with Crippen molar-refractivity contribution >= 4 is 21.6 Å². The van der Waals surface area contributed by atoms with Crippen molar-refractivity contribution in [2.24, 2.45) is 5.73 Å². The third-order valence-corrected chi connectivity index (χ3v) is 6.19. The Bertz CT molecular complexity index is 662. The summed E-state index contributed by atoms with van der Waals surface area (Å²) in [5, 5.41) is 0.380. The van der Waals surface area contributed by atoms with Crippen LogP contribution < -0.4 is 10.5 Å². The van der Waals surface area contributed by atoms with Crippen molar-refractivity contribution in [1.29, 1.82) is 0 Å². The quantitative estimate of drug-likeness (QED) is 0.880. The van der Waals surface area contributed by atoms with Gasteiger partial charge in [-0.05, 0) is 49.4 Å². The number of sulfonamides is 1. The van der Waals surface area contributed by atoms with E-state index in [1.165, 1.54) is 6.07 Å². The number of fused-ring (bicyclic) bond motifs is 2. The minimum Gasteiger partial charge on any atom is -0.373 e. The van der Waals surface area contributed by atoms with Gasteiger partial charge in [-0.2, -0.15) is 0 Å². The highest BCUT2D eigenvalue weighted by molar-refractivity contribution is 7.89. The maximum atomic E-state index is 12.6. The number of halogens is 1. The van der Waals surface area contributed by atoms with Crippen LogP contribution in [0.25, 0.3) is 0 Å². The second-order valence-corrected chi connectivity index (χ2v) is 7.85. The summed E-state index contributed by atoms with van der Waals surface area (Å²) in [6.07, 6.45) is 2.88. The smallest absolute Gasteiger partial charge is 0.241 e. The minimum atomic E-state index is -3.62. The van der Waals surface area contributed by atoms with Gasteiger partial charge in [-0.15, -0.1) is 0 Å². The number of benzene rings is 1. The summed E-state index contributed by atoms with van der Waals surface area (Å²) < 4.78 is 33.7. The van der Waals surface area contributed by atoms with Crippen LogP contribution in [0.15, 0.2) is 17.0 Å². The van der Waals surface area contributed by atoms with E-state index in [2.05, 4.69) is 4.72 Å².